The fourth-order valence-electron chi connectivity index (χ4n) is 6.53. The number of imidazole rings is 1. The third kappa shape index (κ3) is 3.70. The summed E-state index contributed by atoms with van der Waals surface area (Å²) < 4.78 is 4.17. The fourth-order valence-corrected chi connectivity index (χ4v) is 6.53. The van der Waals surface area contributed by atoms with E-state index in [-0.39, 0.29) is 0 Å². The van der Waals surface area contributed by atoms with Crippen LogP contribution in [0.15, 0.2) is 36.0 Å². The number of allylic oxidation sites excluding steroid dienone is 4. The van der Waals surface area contributed by atoms with Gasteiger partial charge >= 0.3 is 5.65 Å². The van der Waals surface area contributed by atoms with Crippen LogP contribution < -0.4 is 10.3 Å². The molecule has 4 atom stereocenters. The van der Waals surface area contributed by atoms with Crippen molar-refractivity contribution in [3.63, 3.8) is 0 Å². The van der Waals surface area contributed by atoms with E-state index in [0.29, 0.717) is 16.6 Å². The van der Waals surface area contributed by atoms with Gasteiger partial charge in [0.1, 0.15) is 0 Å². The van der Waals surface area contributed by atoms with Crippen LogP contribution in [0.5, 0.6) is 0 Å². The molecule has 0 spiro atoms. The summed E-state index contributed by atoms with van der Waals surface area (Å²) >= 11 is 0. The number of anilines is 1. The first-order valence-corrected chi connectivity index (χ1v) is 11.9. The summed E-state index contributed by atoms with van der Waals surface area (Å²) in [5.41, 5.74) is 11.8. The van der Waals surface area contributed by atoms with Crippen LogP contribution in [0.25, 0.3) is 11.2 Å². The molecule has 2 aromatic heterocycles. The summed E-state index contributed by atoms with van der Waals surface area (Å²) in [6.07, 6.45) is 16.2. The molecular formula is C26H40N5+. The zero-order chi connectivity index (χ0) is 22.4. The minimum Gasteiger partial charge on any atom is -0.380 e. The Morgan fingerprint density at radius 3 is 2.87 bits per heavy atom. The van der Waals surface area contributed by atoms with Crippen molar-refractivity contribution in [2.75, 3.05) is 5.73 Å². The number of aryl methyl sites for hydroxylation is 1. The second kappa shape index (κ2) is 8.07. The first-order valence-electron chi connectivity index (χ1n) is 11.9. The summed E-state index contributed by atoms with van der Waals surface area (Å²) in [5, 5.41) is 0. The van der Waals surface area contributed by atoms with E-state index in [1.165, 1.54) is 44.0 Å². The SMILES string of the molecule is CC1=CCC[C@H]2[C@](C)(CC/C(C)=C/Cn3c[n+](C)c4ncnc(N)c43)[C@@H](C)CC[C@@]12C. The van der Waals surface area contributed by atoms with Gasteiger partial charge < -0.3 is 5.73 Å². The van der Waals surface area contributed by atoms with Crippen molar-refractivity contribution >= 4 is 17.0 Å². The molecule has 5 nitrogen and oxygen atoms in total. The van der Waals surface area contributed by atoms with E-state index < -0.39 is 0 Å². The van der Waals surface area contributed by atoms with Gasteiger partial charge in [-0.15, -0.1) is 0 Å². The second-order valence-corrected chi connectivity index (χ2v) is 10.7. The van der Waals surface area contributed by atoms with Crippen LogP contribution >= 0.6 is 0 Å². The third-order valence-electron chi connectivity index (χ3n) is 9.05. The molecule has 0 bridgehead atoms. The summed E-state index contributed by atoms with van der Waals surface area (Å²) in [6.45, 7) is 13.1. The Balaban J connectivity index is 1.50. The van der Waals surface area contributed by atoms with E-state index in [9.17, 15) is 0 Å². The van der Waals surface area contributed by atoms with Gasteiger partial charge in [0, 0.05) is 0 Å². The van der Waals surface area contributed by atoms with Crippen molar-refractivity contribution in [2.45, 2.75) is 79.7 Å². The number of nitrogens with two attached hydrogens (primary N) is 1. The van der Waals surface area contributed by atoms with Gasteiger partial charge in [-0.1, -0.05) is 49.1 Å². The highest BCUT2D eigenvalue weighted by atomic mass is 15.2. The molecule has 1 fully saturated rings. The molecule has 0 amide bonds. The van der Waals surface area contributed by atoms with Gasteiger partial charge in [0.2, 0.25) is 5.52 Å². The number of hydrogen-bond acceptors (Lipinski definition) is 3. The Kier molecular flexibility index (Phi) is 5.74. The highest BCUT2D eigenvalue weighted by Crippen LogP contribution is 2.61. The number of aromatic nitrogens is 4. The maximum Gasteiger partial charge on any atom is 0.307 e. The zero-order valence-corrected chi connectivity index (χ0v) is 20.3. The maximum absolute atomic E-state index is 6.14. The lowest BCUT2D eigenvalue weighted by molar-refractivity contribution is -0.647. The van der Waals surface area contributed by atoms with E-state index in [1.807, 2.05) is 11.6 Å². The topological polar surface area (TPSA) is 60.6 Å². The molecule has 2 N–H and O–H groups in total. The Morgan fingerprint density at radius 2 is 2.10 bits per heavy atom. The molecule has 0 radical (unpaired) electrons. The van der Waals surface area contributed by atoms with E-state index >= 15 is 0 Å². The van der Waals surface area contributed by atoms with E-state index in [4.69, 9.17) is 5.73 Å². The lowest BCUT2D eigenvalue weighted by atomic mass is 9.47. The van der Waals surface area contributed by atoms with Crippen molar-refractivity contribution in [3.8, 4) is 0 Å². The predicted octanol–water partition coefficient (Wildman–Crippen LogP) is 5.36. The molecule has 2 aliphatic rings. The van der Waals surface area contributed by atoms with Gasteiger partial charge in [-0.25, -0.2) is 4.57 Å². The summed E-state index contributed by atoms with van der Waals surface area (Å²) in [7, 11) is 2.00. The van der Waals surface area contributed by atoms with Crippen LogP contribution in [0, 0.1) is 22.7 Å². The first kappa shape index (κ1) is 22.0. The van der Waals surface area contributed by atoms with Gasteiger partial charge in [-0.05, 0) is 75.0 Å². The maximum atomic E-state index is 6.14. The molecule has 4 rings (SSSR count). The minimum absolute atomic E-state index is 0.396. The molecule has 31 heavy (non-hydrogen) atoms. The van der Waals surface area contributed by atoms with Crippen LogP contribution in [-0.4, -0.2) is 14.5 Å². The van der Waals surface area contributed by atoms with Crippen molar-refractivity contribution in [2.24, 2.45) is 29.7 Å². The fraction of sp³-hybridized carbons (Fsp3) is 0.654. The average Bonchev–Trinajstić information content (AvgIpc) is 3.07. The molecule has 2 aliphatic carbocycles. The van der Waals surface area contributed by atoms with Gasteiger partial charge in [-0.3, -0.25) is 4.57 Å². The lowest BCUT2D eigenvalue weighted by Gasteiger charge is -2.58. The normalized spacial score (nSPS) is 31.5. The van der Waals surface area contributed by atoms with E-state index in [2.05, 4.69) is 67.6 Å². The van der Waals surface area contributed by atoms with E-state index in [1.54, 1.807) is 5.57 Å². The number of rotatable bonds is 5. The number of hydrogen-bond donors (Lipinski definition) is 1. The van der Waals surface area contributed by atoms with Crippen molar-refractivity contribution in [1.29, 1.82) is 0 Å². The number of nitrogen functional groups attached to an aromatic ring is 1. The highest BCUT2D eigenvalue weighted by molar-refractivity contribution is 5.79. The highest BCUT2D eigenvalue weighted by Gasteiger charge is 2.52. The minimum atomic E-state index is 0.396. The van der Waals surface area contributed by atoms with Crippen molar-refractivity contribution in [1.82, 2.24) is 14.5 Å². The van der Waals surface area contributed by atoms with Gasteiger partial charge in [0.15, 0.2) is 18.5 Å². The van der Waals surface area contributed by atoms with Crippen molar-refractivity contribution in [3.05, 3.63) is 36.0 Å². The second-order valence-electron chi connectivity index (χ2n) is 10.7. The molecule has 2 heterocycles. The zero-order valence-electron chi connectivity index (χ0n) is 20.3. The predicted molar refractivity (Wildman–Crippen MR) is 127 cm³/mol. The molecule has 0 unspecified atom stereocenters. The summed E-state index contributed by atoms with van der Waals surface area (Å²) in [4.78, 5) is 8.56. The lowest BCUT2D eigenvalue weighted by Crippen LogP contribution is -2.49. The summed E-state index contributed by atoms with van der Waals surface area (Å²) in [5.74, 6) is 2.12. The largest absolute Gasteiger partial charge is 0.380 e. The van der Waals surface area contributed by atoms with E-state index in [0.717, 1.165) is 36.0 Å². The molecular weight excluding hydrogens is 382 g/mol. The Labute approximate surface area is 187 Å². The van der Waals surface area contributed by atoms with Crippen LogP contribution in [0.1, 0.15) is 73.1 Å². The molecule has 0 saturated heterocycles. The molecule has 5 heteroatoms. The molecule has 168 valence electrons. The van der Waals surface area contributed by atoms with Crippen LogP contribution in [-0.2, 0) is 13.6 Å². The third-order valence-corrected chi connectivity index (χ3v) is 9.05. The number of fused-ring (bicyclic) bond motifs is 2. The summed E-state index contributed by atoms with van der Waals surface area (Å²) in [6, 6.07) is 0. The Hall–Kier alpha value is -2.17. The first-order chi connectivity index (χ1) is 14.7. The quantitative estimate of drug-likeness (QED) is 0.521. The Bertz CT molecular complexity index is 1030. The smallest absolute Gasteiger partial charge is 0.307 e. The van der Waals surface area contributed by atoms with Crippen LogP contribution in [0.2, 0.25) is 0 Å². The van der Waals surface area contributed by atoms with Gasteiger partial charge in [-0.2, -0.15) is 4.98 Å². The van der Waals surface area contributed by atoms with Crippen LogP contribution in [0.3, 0.4) is 0 Å². The Morgan fingerprint density at radius 1 is 1.32 bits per heavy atom. The molecule has 0 aromatic carbocycles. The molecule has 1 saturated carbocycles. The molecule has 0 aliphatic heterocycles. The number of nitrogens with zero attached hydrogens (tertiary/aromatic N) is 4. The van der Waals surface area contributed by atoms with Crippen LogP contribution in [0.4, 0.5) is 5.82 Å². The van der Waals surface area contributed by atoms with Crippen molar-refractivity contribution < 1.29 is 4.57 Å². The monoisotopic (exact) mass is 422 g/mol. The standard InChI is InChI=1S/C26H40N5/c1-18(12-15-31-17-30(6)24-22(31)23(27)28-16-29-24)10-13-25(4)20(3)11-14-26(5)19(2)8-7-9-21(25)26/h8,12,16-17,20-21H,7,9-11,13-15H2,1-6H3,(H2,27,28,29)/q+1/b18-12+/t20-,21-,25+,26-/m0/s1. The van der Waals surface area contributed by atoms with Gasteiger partial charge in [0.05, 0.1) is 13.6 Å². The molecule has 2 aromatic rings. The average molecular weight is 423 g/mol. The van der Waals surface area contributed by atoms with Gasteiger partial charge in [0.25, 0.3) is 0 Å².